The van der Waals surface area contributed by atoms with Gasteiger partial charge >= 0.3 is 0 Å². The zero-order chi connectivity index (χ0) is 29.8. The Morgan fingerprint density at radius 3 is 1.90 bits per heavy atom. The van der Waals surface area contributed by atoms with Crippen molar-refractivity contribution in [3.63, 3.8) is 0 Å². The molecular weight excluding hydrogens is 480 g/mol. The molecule has 0 aromatic heterocycles. The summed E-state index contributed by atoms with van der Waals surface area (Å²) in [5.74, 6) is 0.541. The van der Waals surface area contributed by atoms with Crippen molar-refractivity contribution in [2.45, 2.75) is 114 Å². The molecule has 0 amide bonds. The van der Waals surface area contributed by atoms with Crippen molar-refractivity contribution in [3.05, 3.63) is 118 Å². The Hall–Kier alpha value is -2.60. The van der Waals surface area contributed by atoms with E-state index in [1.54, 1.807) is 5.57 Å². The summed E-state index contributed by atoms with van der Waals surface area (Å²) in [6.07, 6.45) is 38.1. The van der Waals surface area contributed by atoms with Crippen molar-refractivity contribution < 1.29 is 0 Å². The largest absolute Gasteiger partial charge is 0.0850 e. The number of hydrogen-bond donors (Lipinski definition) is 0. The van der Waals surface area contributed by atoms with E-state index >= 15 is 0 Å². The van der Waals surface area contributed by atoms with Crippen molar-refractivity contribution in [3.8, 4) is 0 Å². The molecule has 0 bridgehead atoms. The van der Waals surface area contributed by atoms with Crippen molar-refractivity contribution in [1.29, 1.82) is 0 Å². The summed E-state index contributed by atoms with van der Waals surface area (Å²) < 4.78 is 0. The van der Waals surface area contributed by atoms with Crippen LogP contribution in [0.2, 0.25) is 0 Å². The van der Waals surface area contributed by atoms with Crippen LogP contribution in [0.1, 0.15) is 114 Å². The highest BCUT2D eigenvalue weighted by Crippen LogP contribution is 2.42. The quantitative estimate of drug-likeness (QED) is 0.139. The fourth-order valence-corrected chi connectivity index (χ4v) is 6.03. The summed E-state index contributed by atoms with van der Waals surface area (Å²) in [7, 11) is 0. The monoisotopic (exact) mass is 538 g/mol. The minimum Gasteiger partial charge on any atom is -0.0850 e. The van der Waals surface area contributed by atoms with E-state index in [9.17, 15) is 0 Å². The molecule has 1 atom stereocenters. The van der Waals surface area contributed by atoms with Crippen LogP contribution < -0.4 is 0 Å². The second kappa shape index (κ2) is 16.0. The van der Waals surface area contributed by atoms with Gasteiger partial charge in [-0.05, 0) is 103 Å². The van der Waals surface area contributed by atoms with Gasteiger partial charge in [-0.25, -0.2) is 0 Å². The normalized spacial score (nSPS) is 23.4. The molecule has 0 aromatic rings. The number of unbranched alkanes of at least 4 members (excludes halogenated alkanes) is 1. The third-order valence-corrected chi connectivity index (χ3v) is 8.73. The maximum atomic E-state index is 2.41. The molecule has 1 unspecified atom stereocenters. The second-order valence-corrected chi connectivity index (χ2v) is 13.6. The summed E-state index contributed by atoms with van der Waals surface area (Å²) in [5, 5.41) is 0. The van der Waals surface area contributed by atoms with Crippen LogP contribution in [0, 0.1) is 16.7 Å². The van der Waals surface area contributed by atoms with E-state index in [1.807, 2.05) is 0 Å². The molecule has 0 fully saturated rings. The summed E-state index contributed by atoms with van der Waals surface area (Å²) in [6, 6.07) is 0. The highest BCUT2D eigenvalue weighted by atomic mass is 14.3. The number of hydrogen-bond acceptors (Lipinski definition) is 0. The van der Waals surface area contributed by atoms with Gasteiger partial charge in [0.2, 0.25) is 0 Å². The summed E-state index contributed by atoms with van der Waals surface area (Å²) in [5.41, 5.74) is 10.5. The van der Waals surface area contributed by atoms with E-state index in [2.05, 4.69) is 148 Å². The SMILES string of the molecule is CC1=CCCC(C)(C)C1/C=C/C(C)=C/C=C/C(C)=C\CC/C=C(C)/C=C/C=C(C)\C=C\C1=C(C)CCCC1(C)C. The lowest BCUT2D eigenvalue weighted by Gasteiger charge is -2.36. The molecule has 0 heteroatoms. The van der Waals surface area contributed by atoms with Gasteiger partial charge in [-0.15, -0.1) is 0 Å². The van der Waals surface area contributed by atoms with E-state index in [4.69, 9.17) is 0 Å². The standard InChI is InChI=1S/C40H58/c1-31(19-13-21-33(3)25-27-37-35(5)23-15-29-39(37,7)8)17-11-12-18-32(2)20-14-22-34(4)26-28-38-36(6)24-16-30-40(38,9)10/h13-14,17-23,25-28,37H,11-12,15-16,24,29-30H2,1-10H3/b19-13+,20-14+,27-25+,28-26+,31-17-,32-18+,33-21+,34-22-. The second-order valence-electron chi connectivity index (χ2n) is 13.6. The highest BCUT2D eigenvalue weighted by molar-refractivity contribution is 5.37. The molecule has 40 heavy (non-hydrogen) atoms. The predicted octanol–water partition coefficient (Wildman–Crippen LogP) is 12.7. The Kier molecular flexibility index (Phi) is 13.4. The summed E-state index contributed by atoms with van der Waals surface area (Å²) in [4.78, 5) is 0. The van der Waals surface area contributed by atoms with Crippen LogP contribution in [0.5, 0.6) is 0 Å². The Balaban J connectivity index is 1.81. The van der Waals surface area contributed by atoms with Gasteiger partial charge < -0.3 is 0 Å². The van der Waals surface area contributed by atoms with E-state index < -0.39 is 0 Å². The van der Waals surface area contributed by atoms with Crippen LogP contribution in [0.25, 0.3) is 0 Å². The Morgan fingerprint density at radius 2 is 1.35 bits per heavy atom. The average Bonchev–Trinajstić information content (AvgIpc) is 2.85. The van der Waals surface area contributed by atoms with Gasteiger partial charge in [-0.1, -0.05) is 140 Å². The third kappa shape index (κ3) is 11.5. The van der Waals surface area contributed by atoms with Crippen molar-refractivity contribution in [1.82, 2.24) is 0 Å². The van der Waals surface area contributed by atoms with Gasteiger partial charge in [-0.2, -0.15) is 0 Å². The van der Waals surface area contributed by atoms with Gasteiger partial charge in [-0.3, -0.25) is 0 Å². The number of allylic oxidation sites excluding steroid dienone is 20. The lowest BCUT2D eigenvalue weighted by atomic mass is 9.68. The summed E-state index contributed by atoms with van der Waals surface area (Å²) in [6.45, 7) is 22.9. The predicted molar refractivity (Wildman–Crippen MR) is 181 cm³/mol. The molecule has 0 spiro atoms. The topological polar surface area (TPSA) is 0 Å². The van der Waals surface area contributed by atoms with E-state index in [0.717, 1.165) is 12.8 Å². The van der Waals surface area contributed by atoms with Gasteiger partial charge in [0.25, 0.3) is 0 Å². The zero-order valence-electron chi connectivity index (χ0n) is 27.5. The van der Waals surface area contributed by atoms with Crippen LogP contribution in [0.4, 0.5) is 0 Å². The molecule has 0 radical (unpaired) electrons. The highest BCUT2D eigenvalue weighted by Gasteiger charge is 2.30. The van der Waals surface area contributed by atoms with Crippen molar-refractivity contribution >= 4 is 0 Å². The fourth-order valence-electron chi connectivity index (χ4n) is 6.03. The molecular formula is C40H58. The molecule has 0 saturated heterocycles. The molecule has 0 aromatic carbocycles. The van der Waals surface area contributed by atoms with Crippen molar-refractivity contribution in [2.75, 3.05) is 0 Å². The lowest BCUT2D eigenvalue weighted by Crippen LogP contribution is -2.26. The molecule has 2 aliphatic carbocycles. The lowest BCUT2D eigenvalue weighted by molar-refractivity contribution is 0.255. The van der Waals surface area contributed by atoms with Crippen LogP contribution >= 0.6 is 0 Å². The minimum atomic E-state index is 0.299. The molecule has 0 nitrogen and oxygen atoms in total. The minimum absolute atomic E-state index is 0.299. The molecule has 2 aliphatic rings. The summed E-state index contributed by atoms with van der Waals surface area (Å²) >= 11 is 0. The van der Waals surface area contributed by atoms with E-state index in [0.29, 0.717) is 16.7 Å². The molecule has 218 valence electrons. The van der Waals surface area contributed by atoms with Crippen molar-refractivity contribution in [2.24, 2.45) is 16.7 Å². The zero-order valence-corrected chi connectivity index (χ0v) is 27.5. The maximum Gasteiger partial charge on any atom is 0.00285 e. The first-order chi connectivity index (χ1) is 18.8. The van der Waals surface area contributed by atoms with Crippen LogP contribution in [-0.4, -0.2) is 0 Å². The van der Waals surface area contributed by atoms with Gasteiger partial charge in [0, 0.05) is 5.92 Å². The van der Waals surface area contributed by atoms with Crippen LogP contribution in [-0.2, 0) is 0 Å². The first kappa shape index (κ1) is 33.6. The fraction of sp³-hybridized carbons (Fsp3) is 0.500. The van der Waals surface area contributed by atoms with Crippen LogP contribution in [0.15, 0.2) is 118 Å². The average molecular weight is 539 g/mol. The Morgan fingerprint density at radius 1 is 0.775 bits per heavy atom. The van der Waals surface area contributed by atoms with Gasteiger partial charge in [0.05, 0.1) is 0 Å². The number of rotatable bonds is 11. The third-order valence-electron chi connectivity index (χ3n) is 8.73. The Bertz CT molecular complexity index is 1150. The van der Waals surface area contributed by atoms with E-state index in [1.165, 1.54) is 65.5 Å². The first-order valence-electron chi connectivity index (χ1n) is 15.6. The van der Waals surface area contributed by atoms with Gasteiger partial charge in [0.1, 0.15) is 0 Å². The molecule has 0 aliphatic heterocycles. The molecule has 0 N–H and O–H groups in total. The first-order valence-corrected chi connectivity index (χ1v) is 15.6. The smallest absolute Gasteiger partial charge is 0.00285 e. The maximum absolute atomic E-state index is 2.41. The van der Waals surface area contributed by atoms with Crippen LogP contribution in [0.3, 0.4) is 0 Å². The molecule has 0 saturated carbocycles. The Labute approximate surface area is 248 Å². The molecule has 0 heterocycles. The molecule has 2 rings (SSSR count). The van der Waals surface area contributed by atoms with E-state index in [-0.39, 0.29) is 0 Å². The van der Waals surface area contributed by atoms with Gasteiger partial charge in [0.15, 0.2) is 0 Å².